The molecule has 0 atom stereocenters. The summed E-state index contributed by atoms with van der Waals surface area (Å²) >= 11 is 0. The molecular formula is C23H29NO7. The van der Waals surface area contributed by atoms with Gasteiger partial charge in [-0.3, -0.25) is 0 Å². The molecule has 0 radical (unpaired) electrons. The molecule has 168 valence electrons. The Hall–Kier alpha value is -3.55. The van der Waals surface area contributed by atoms with E-state index >= 15 is 0 Å². The third-order valence-corrected chi connectivity index (χ3v) is 4.00. The highest BCUT2D eigenvalue weighted by molar-refractivity contribution is 5.88. The summed E-state index contributed by atoms with van der Waals surface area (Å²) in [4.78, 5) is 35.9. The first-order chi connectivity index (χ1) is 14.5. The molecule has 0 aliphatic heterocycles. The highest BCUT2D eigenvalue weighted by Crippen LogP contribution is 2.24. The third kappa shape index (κ3) is 8.77. The Kier molecular flexibility index (Phi) is 9.53. The van der Waals surface area contributed by atoms with Gasteiger partial charge in [-0.1, -0.05) is 19.7 Å². The fourth-order valence-electron chi connectivity index (χ4n) is 2.08. The lowest BCUT2D eigenvalue weighted by Crippen LogP contribution is -2.44. The number of nitrogen functional groups attached to an aromatic ring is 1. The highest BCUT2D eigenvalue weighted by Gasteiger charge is 2.37. The summed E-state index contributed by atoms with van der Waals surface area (Å²) in [7, 11) is 0. The number of hydrogen-bond acceptors (Lipinski definition) is 8. The Labute approximate surface area is 182 Å². The third-order valence-electron chi connectivity index (χ3n) is 4.00. The van der Waals surface area contributed by atoms with Gasteiger partial charge in [0.15, 0.2) is 0 Å². The average molecular weight is 431 g/mol. The number of hydrogen-bond donors (Lipinski definition) is 1. The summed E-state index contributed by atoms with van der Waals surface area (Å²) in [5, 5.41) is 0. The first-order valence-electron chi connectivity index (χ1n) is 9.42. The van der Waals surface area contributed by atoms with Gasteiger partial charge >= 0.3 is 17.9 Å². The monoisotopic (exact) mass is 431 g/mol. The smallest absolute Gasteiger partial charge is 0.333 e. The van der Waals surface area contributed by atoms with Crippen LogP contribution in [0.25, 0.3) is 0 Å². The molecule has 1 aromatic rings. The zero-order valence-electron chi connectivity index (χ0n) is 18.2. The van der Waals surface area contributed by atoms with Crippen molar-refractivity contribution in [2.24, 2.45) is 5.41 Å². The molecular weight excluding hydrogens is 402 g/mol. The van der Waals surface area contributed by atoms with Gasteiger partial charge < -0.3 is 24.7 Å². The van der Waals surface area contributed by atoms with Crippen LogP contribution in [0.15, 0.2) is 60.7 Å². The Balaban J connectivity index is 3.14. The topological polar surface area (TPSA) is 114 Å². The maximum Gasteiger partial charge on any atom is 0.333 e. The van der Waals surface area contributed by atoms with Gasteiger partial charge in [-0.05, 0) is 45.0 Å². The summed E-state index contributed by atoms with van der Waals surface area (Å²) in [6.45, 7) is 14.2. The zero-order valence-corrected chi connectivity index (χ0v) is 18.2. The maximum absolute atomic E-state index is 12.0. The molecule has 0 aliphatic carbocycles. The Morgan fingerprint density at radius 1 is 0.742 bits per heavy atom. The van der Waals surface area contributed by atoms with Crippen LogP contribution in [-0.4, -0.2) is 44.3 Å². The van der Waals surface area contributed by atoms with Crippen molar-refractivity contribution in [3.63, 3.8) is 0 Å². The molecule has 0 saturated heterocycles. The summed E-state index contributed by atoms with van der Waals surface area (Å²) in [6.07, 6.45) is 0. The van der Waals surface area contributed by atoms with E-state index in [1.54, 1.807) is 24.3 Å². The lowest BCUT2D eigenvalue weighted by molar-refractivity contribution is -0.159. The van der Waals surface area contributed by atoms with Crippen LogP contribution in [-0.2, 0) is 28.6 Å². The number of rotatable bonds is 12. The number of ether oxygens (including phenoxy) is 4. The molecule has 1 rings (SSSR count). The van der Waals surface area contributed by atoms with Crippen LogP contribution in [0.4, 0.5) is 5.69 Å². The predicted octanol–water partition coefficient (Wildman–Crippen LogP) is 2.99. The lowest BCUT2D eigenvalue weighted by atomic mass is 9.92. The van der Waals surface area contributed by atoms with Gasteiger partial charge in [0.1, 0.15) is 37.6 Å². The molecule has 0 aromatic heterocycles. The number of nitrogens with two attached hydrogens (primary N) is 1. The molecule has 0 amide bonds. The van der Waals surface area contributed by atoms with Crippen LogP contribution >= 0.6 is 0 Å². The van der Waals surface area contributed by atoms with E-state index in [9.17, 15) is 14.4 Å². The standard InChI is InChI=1S/C23H29NO7/c1-15(2)20(25)29-12-23(13-30-21(26)16(3)4,14-31-22(27)17(5)6)11-28-19-9-7-18(24)8-10-19/h7-10H,1,3,5,11-14,24H2,2,4,6H3. The van der Waals surface area contributed by atoms with E-state index in [4.69, 9.17) is 24.7 Å². The summed E-state index contributed by atoms with van der Waals surface area (Å²) in [6, 6.07) is 6.61. The number of carbonyl (C=O) groups excluding carboxylic acids is 3. The van der Waals surface area contributed by atoms with E-state index in [-0.39, 0.29) is 43.1 Å². The SMILES string of the molecule is C=C(C)C(=O)OCC(COC(=O)C(=C)C)(COC(=O)C(=C)C)COc1ccc(N)cc1. The minimum Gasteiger partial charge on any atom is -0.493 e. The van der Waals surface area contributed by atoms with Crippen molar-refractivity contribution < 1.29 is 33.3 Å². The van der Waals surface area contributed by atoms with Crippen LogP contribution in [0.2, 0.25) is 0 Å². The summed E-state index contributed by atoms with van der Waals surface area (Å²) in [5.41, 5.74) is 5.59. The molecule has 0 bridgehead atoms. The molecule has 0 spiro atoms. The van der Waals surface area contributed by atoms with E-state index < -0.39 is 23.3 Å². The van der Waals surface area contributed by atoms with E-state index in [0.717, 1.165) is 0 Å². The van der Waals surface area contributed by atoms with E-state index in [1.807, 2.05) is 0 Å². The van der Waals surface area contributed by atoms with Crippen molar-refractivity contribution in [2.75, 3.05) is 32.2 Å². The molecule has 8 nitrogen and oxygen atoms in total. The van der Waals surface area contributed by atoms with Crippen molar-refractivity contribution in [3.05, 3.63) is 60.7 Å². The second-order valence-corrected chi connectivity index (χ2v) is 7.43. The number of esters is 3. The molecule has 8 heteroatoms. The number of anilines is 1. The molecule has 0 fully saturated rings. The van der Waals surface area contributed by atoms with E-state index in [1.165, 1.54) is 20.8 Å². The second-order valence-electron chi connectivity index (χ2n) is 7.43. The van der Waals surface area contributed by atoms with Crippen LogP contribution in [0.5, 0.6) is 5.75 Å². The van der Waals surface area contributed by atoms with Crippen LogP contribution < -0.4 is 10.5 Å². The Morgan fingerprint density at radius 3 is 1.42 bits per heavy atom. The average Bonchev–Trinajstić information content (AvgIpc) is 2.72. The highest BCUT2D eigenvalue weighted by atomic mass is 16.6. The second kappa shape index (κ2) is 11.6. The first-order valence-corrected chi connectivity index (χ1v) is 9.42. The normalized spacial score (nSPS) is 10.5. The predicted molar refractivity (Wildman–Crippen MR) is 116 cm³/mol. The fourth-order valence-corrected chi connectivity index (χ4v) is 2.08. The molecule has 0 aliphatic rings. The Morgan fingerprint density at radius 2 is 1.10 bits per heavy atom. The van der Waals surface area contributed by atoms with Gasteiger partial charge in [-0.15, -0.1) is 0 Å². The van der Waals surface area contributed by atoms with Crippen molar-refractivity contribution in [1.29, 1.82) is 0 Å². The van der Waals surface area contributed by atoms with Gasteiger partial charge in [-0.25, -0.2) is 14.4 Å². The maximum atomic E-state index is 12.0. The van der Waals surface area contributed by atoms with Crippen LogP contribution in [0, 0.1) is 5.41 Å². The fraction of sp³-hybridized carbons (Fsp3) is 0.348. The van der Waals surface area contributed by atoms with E-state index in [2.05, 4.69) is 19.7 Å². The zero-order chi connectivity index (χ0) is 23.6. The van der Waals surface area contributed by atoms with Gasteiger partial charge in [0.05, 0.1) is 0 Å². The minimum atomic E-state index is -1.21. The van der Waals surface area contributed by atoms with Gasteiger partial charge in [0.2, 0.25) is 0 Å². The summed E-state index contributed by atoms with van der Waals surface area (Å²) < 4.78 is 21.7. The molecule has 0 saturated carbocycles. The first kappa shape index (κ1) is 25.5. The van der Waals surface area contributed by atoms with Gasteiger partial charge in [0.25, 0.3) is 0 Å². The van der Waals surface area contributed by atoms with Gasteiger partial charge in [-0.2, -0.15) is 0 Å². The van der Waals surface area contributed by atoms with Crippen LogP contribution in [0.3, 0.4) is 0 Å². The quantitative estimate of drug-likeness (QED) is 0.232. The van der Waals surface area contributed by atoms with Gasteiger partial charge in [0, 0.05) is 22.4 Å². The van der Waals surface area contributed by atoms with Crippen molar-refractivity contribution in [1.82, 2.24) is 0 Å². The van der Waals surface area contributed by atoms with Crippen LogP contribution in [0.1, 0.15) is 20.8 Å². The molecule has 31 heavy (non-hydrogen) atoms. The van der Waals surface area contributed by atoms with Crippen molar-refractivity contribution >= 4 is 23.6 Å². The lowest BCUT2D eigenvalue weighted by Gasteiger charge is -2.32. The number of carbonyl (C=O) groups is 3. The number of benzene rings is 1. The van der Waals surface area contributed by atoms with Crippen molar-refractivity contribution in [2.45, 2.75) is 20.8 Å². The Bertz CT molecular complexity index is 781. The summed E-state index contributed by atoms with van der Waals surface area (Å²) in [5.74, 6) is -1.46. The molecule has 0 heterocycles. The molecule has 0 unspecified atom stereocenters. The van der Waals surface area contributed by atoms with E-state index in [0.29, 0.717) is 11.4 Å². The minimum absolute atomic E-state index is 0.104. The van der Waals surface area contributed by atoms with Crippen molar-refractivity contribution in [3.8, 4) is 5.75 Å². The molecule has 2 N–H and O–H groups in total. The largest absolute Gasteiger partial charge is 0.493 e. The molecule has 1 aromatic carbocycles.